The molecular formula is C18H18N4O3. The highest BCUT2D eigenvalue weighted by molar-refractivity contribution is 5.93. The summed E-state index contributed by atoms with van der Waals surface area (Å²) in [5.74, 6) is 0.340. The maximum atomic E-state index is 12.1. The van der Waals surface area contributed by atoms with Gasteiger partial charge in [-0.25, -0.2) is 4.68 Å². The molecule has 0 fully saturated rings. The molecule has 2 heterocycles. The third kappa shape index (κ3) is 3.77. The Morgan fingerprint density at radius 1 is 1.20 bits per heavy atom. The molecule has 0 unspecified atom stereocenters. The molecule has 0 aliphatic carbocycles. The number of hydrogen-bond acceptors (Lipinski definition) is 4. The van der Waals surface area contributed by atoms with Crippen LogP contribution in [0.2, 0.25) is 0 Å². The molecule has 7 heteroatoms. The summed E-state index contributed by atoms with van der Waals surface area (Å²) in [4.78, 5) is 26.5. The number of amides is 1. The van der Waals surface area contributed by atoms with Crippen LogP contribution in [0.15, 0.2) is 53.5 Å². The molecule has 0 saturated carbocycles. The van der Waals surface area contributed by atoms with Gasteiger partial charge in [0, 0.05) is 11.9 Å². The third-order valence-corrected chi connectivity index (χ3v) is 3.71. The fourth-order valence-corrected chi connectivity index (χ4v) is 2.35. The summed E-state index contributed by atoms with van der Waals surface area (Å²) >= 11 is 0. The Bertz CT molecular complexity index is 941. The first kappa shape index (κ1) is 16.5. The van der Waals surface area contributed by atoms with E-state index >= 15 is 0 Å². The number of aryl methyl sites for hydroxylation is 1. The average molecular weight is 338 g/mol. The molecule has 7 nitrogen and oxygen atoms in total. The zero-order valence-electron chi connectivity index (χ0n) is 13.9. The van der Waals surface area contributed by atoms with Crippen LogP contribution >= 0.6 is 0 Å². The van der Waals surface area contributed by atoms with Gasteiger partial charge in [0.1, 0.15) is 11.3 Å². The van der Waals surface area contributed by atoms with Crippen LogP contribution in [0.25, 0.3) is 5.69 Å². The van der Waals surface area contributed by atoms with Crippen molar-refractivity contribution in [1.29, 1.82) is 0 Å². The molecule has 1 aromatic carbocycles. The molecule has 2 aromatic heterocycles. The summed E-state index contributed by atoms with van der Waals surface area (Å²) in [5.41, 5.74) is 1.96. The molecule has 3 aromatic rings. The van der Waals surface area contributed by atoms with Crippen molar-refractivity contribution in [3.63, 3.8) is 0 Å². The Morgan fingerprint density at radius 3 is 2.64 bits per heavy atom. The van der Waals surface area contributed by atoms with E-state index in [9.17, 15) is 9.59 Å². The van der Waals surface area contributed by atoms with Gasteiger partial charge in [0.05, 0.1) is 25.0 Å². The van der Waals surface area contributed by atoms with E-state index in [1.165, 1.54) is 6.07 Å². The van der Waals surface area contributed by atoms with Crippen LogP contribution in [0, 0.1) is 6.92 Å². The third-order valence-electron chi connectivity index (χ3n) is 3.71. The lowest BCUT2D eigenvalue weighted by Crippen LogP contribution is -2.29. The highest BCUT2D eigenvalue weighted by atomic mass is 16.5. The van der Waals surface area contributed by atoms with Gasteiger partial charge in [-0.15, -0.1) is 0 Å². The fourth-order valence-electron chi connectivity index (χ4n) is 2.35. The van der Waals surface area contributed by atoms with Crippen LogP contribution in [-0.2, 0) is 6.54 Å². The minimum absolute atomic E-state index is 0.0835. The number of aromatic amines is 1. The molecule has 25 heavy (non-hydrogen) atoms. The monoisotopic (exact) mass is 338 g/mol. The van der Waals surface area contributed by atoms with E-state index in [0.717, 1.165) is 11.4 Å². The van der Waals surface area contributed by atoms with Crippen molar-refractivity contribution in [2.45, 2.75) is 13.5 Å². The van der Waals surface area contributed by atoms with Crippen molar-refractivity contribution < 1.29 is 9.53 Å². The maximum Gasteiger partial charge on any atom is 0.260 e. The van der Waals surface area contributed by atoms with Crippen molar-refractivity contribution in [2.75, 3.05) is 7.11 Å². The largest absolute Gasteiger partial charge is 0.497 e. The molecule has 2 N–H and O–H groups in total. The van der Waals surface area contributed by atoms with Crippen LogP contribution in [0.5, 0.6) is 5.75 Å². The number of methoxy groups -OCH3 is 1. The van der Waals surface area contributed by atoms with E-state index in [-0.39, 0.29) is 12.1 Å². The Balaban J connectivity index is 1.67. The summed E-state index contributed by atoms with van der Waals surface area (Å²) < 4.78 is 6.84. The summed E-state index contributed by atoms with van der Waals surface area (Å²) in [6.07, 6.45) is 1.81. The number of H-pyrrole nitrogens is 1. The predicted octanol–water partition coefficient (Wildman–Crippen LogP) is 1.81. The number of ether oxygens (including phenoxy) is 1. The summed E-state index contributed by atoms with van der Waals surface area (Å²) in [6, 6.07) is 12.5. The number of nitrogens with zero attached hydrogens (tertiary/aromatic N) is 2. The van der Waals surface area contributed by atoms with Crippen molar-refractivity contribution in [3.8, 4) is 11.4 Å². The molecule has 0 radical (unpaired) electrons. The molecule has 0 atom stereocenters. The molecule has 1 amide bonds. The summed E-state index contributed by atoms with van der Waals surface area (Å²) in [6.45, 7) is 1.99. The van der Waals surface area contributed by atoms with E-state index in [0.29, 0.717) is 11.4 Å². The first-order valence-corrected chi connectivity index (χ1v) is 7.74. The van der Waals surface area contributed by atoms with Gasteiger partial charge in [-0.3, -0.25) is 9.59 Å². The summed E-state index contributed by atoms with van der Waals surface area (Å²) in [7, 11) is 1.61. The Morgan fingerprint density at radius 2 is 1.96 bits per heavy atom. The van der Waals surface area contributed by atoms with Gasteiger partial charge in [0.2, 0.25) is 0 Å². The first-order valence-electron chi connectivity index (χ1n) is 7.74. The second-order valence-corrected chi connectivity index (χ2v) is 5.52. The molecule has 0 saturated heterocycles. The van der Waals surface area contributed by atoms with E-state index in [1.807, 2.05) is 36.5 Å². The predicted molar refractivity (Wildman–Crippen MR) is 93.1 cm³/mol. The molecular weight excluding hydrogens is 320 g/mol. The number of aromatic nitrogens is 3. The zero-order valence-corrected chi connectivity index (χ0v) is 13.9. The first-order chi connectivity index (χ1) is 12.1. The molecule has 0 bridgehead atoms. The lowest BCUT2D eigenvalue weighted by molar-refractivity contribution is 0.0949. The van der Waals surface area contributed by atoms with E-state index < -0.39 is 11.5 Å². The van der Waals surface area contributed by atoms with E-state index in [2.05, 4.69) is 15.4 Å². The lowest BCUT2D eigenvalue weighted by atomic mass is 10.2. The minimum atomic E-state index is -0.430. The second kappa shape index (κ2) is 7.04. The molecule has 0 spiro atoms. The lowest BCUT2D eigenvalue weighted by Gasteiger charge is -2.04. The second-order valence-electron chi connectivity index (χ2n) is 5.52. The van der Waals surface area contributed by atoms with Gasteiger partial charge in [-0.1, -0.05) is 0 Å². The Labute approximate surface area is 144 Å². The highest BCUT2D eigenvalue weighted by Crippen LogP contribution is 2.14. The number of pyridine rings is 1. The summed E-state index contributed by atoms with van der Waals surface area (Å²) in [5, 5.41) is 7.12. The van der Waals surface area contributed by atoms with Crippen molar-refractivity contribution >= 4 is 5.91 Å². The number of nitrogens with one attached hydrogen (secondary N) is 2. The number of benzene rings is 1. The smallest absolute Gasteiger partial charge is 0.260 e. The van der Waals surface area contributed by atoms with Gasteiger partial charge in [0.25, 0.3) is 11.5 Å². The molecule has 128 valence electrons. The van der Waals surface area contributed by atoms with Crippen molar-refractivity contribution in [2.24, 2.45) is 0 Å². The van der Waals surface area contributed by atoms with Gasteiger partial charge < -0.3 is 15.0 Å². The minimum Gasteiger partial charge on any atom is -0.497 e. The van der Waals surface area contributed by atoms with E-state index in [1.54, 1.807) is 24.8 Å². The van der Waals surface area contributed by atoms with Gasteiger partial charge in [-0.2, -0.15) is 5.10 Å². The van der Waals surface area contributed by atoms with Crippen LogP contribution in [0.1, 0.15) is 21.7 Å². The Kier molecular flexibility index (Phi) is 4.65. The number of carbonyl (C=O) groups is 1. The van der Waals surface area contributed by atoms with Gasteiger partial charge in [0.15, 0.2) is 0 Å². The number of rotatable bonds is 5. The highest BCUT2D eigenvalue weighted by Gasteiger charge is 2.11. The SMILES string of the molecule is COc1ccc(-n2ccc(CNC(=O)c3ccc(C)[nH]c3=O)n2)cc1. The normalized spacial score (nSPS) is 10.5. The molecule has 3 rings (SSSR count). The fraction of sp³-hybridized carbons (Fsp3) is 0.167. The van der Waals surface area contributed by atoms with Gasteiger partial charge >= 0.3 is 0 Å². The number of hydrogen-bond donors (Lipinski definition) is 2. The topological polar surface area (TPSA) is 89.0 Å². The van der Waals surface area contributed by atoms with Crippen LogP contribution < -0.4 is 15.6 Å². The van der Waals surface area contributed by atoms with Crippen molar-refractivity contribution in [3.05, 3.63) is 76.0 Å². The molecule has 0 aliphatic rings. The van der Waals surface area contributed by atoms with Crippen LogP contribution in [-0.4, -0.2) is 27.8 Å². The number of carbonyl (C=O) groups excluding carboxylic acids is 1. The standard InChI is InChI=1S/C18H18N4O3/c1-12-3-8-16(18(24)20-12)17(23)19-11-13-9-10-22(21-13)14-4-6-15(25-2)7-5-14/h3-10H,11H2,1-2H3,(H,19,23)(H,20,24). The quantitative estimate of drug-likeness (QED) is 0.742. The van der Waals surface area contributed by atoms with Crippen LogP contribution in [0.3, 0.4) is 0 Å². The van der Waals surface area contributed by atoms with Crippen molar-refractivity contribution in [1.82, 2.24) is 20.1 Å². The maximum absolute atomic E-state index is 12.1. The average Bonchev–Trinajstić information content (AvgIpc) is 3.09. The zero-order chi connectivity index (χ0) is 17.8. The Hall–Kier alpha value is -3.35. The molecule has 0 aliphatic heterocycles. The van der Waals surface area contributed by atoms with Crippen LogP contribution in [0.4, 0.5) is 0 Å². The van der Waals surface area contributed by atoms with E-state index in [4.69, 9.17) is 4.74 Å². The van der Waals surface area contributed by atoms with Gasteiger partial charge in [-0.05, 0) is 49.4 Å².